The third-order valence-corrected chi connectivity index (χ3v) is 3.04. The standard InChI is InChI=1S/C12H11ClN2O5/c1-5(12(18)19)11(17)15-7-3-9-8(2-6(7)13)14-10(16)4-20-9/h2-3,5H,4H2,1H3,(H,14,16)(H,15,17)(H,18,19). The first kappa shape index (κ1) is 14.1. The molecule has 0 saturated carbocycles. The van der Waals surface area contributed by atoms with Gasteiger partial charge in [-0.15, -0.1) is 0 Å². The van der Waals surface area contributed by atoms with Crippen molar-refractivity contribution in [2.24, 2.45) is 5.92 Å². The van der Waals surface area contributed by atoms with E-state index < -0.39 is 17.8 Å². The fourth-order valence-electron chi connectivity index (χ4n) is 1.55. The van der Waals surface area contributed by atoms with E-state index in [1.54, 1.807) is 0 Å². The molecule has 106 valence electrons. The number of carboxylic acid groups (broad SMARTS) is 1. The number of amides is 2. The number of aliphatic carboxylic acids is 1. The molecule has 1 aromatic carbocycles. The summed E-state index contributed by atoms with van der Waals surface area (Å²) in [5.74, 6) is -3.08. The van der Waals surface area contributed by atoms with E-state index in [0.29, 0.717) is 11.4 Å². The fraction of sp³-hybridized carbons (Fsp3) is 0.250. The highest BCUT2D eigenvalue weighted by Gasteiger charge is 2.23. The van der Waals surface area contributed by atoms with Crippen molar-refractivity contribution in [1.29, 1.82) is 0 Å². The number of carbonyl (C=O) groups excluding carboxylic acids is 2. The maximum absolute atomic E-state index is 11.7. The highest BCUT2D eigenvalue weighted by Crippen LogP contribution is 2.36. The van der Waals surface area contributed by atoms with Gasteiger partial charge < -0.3 is 20.5 Å². The topological polar surface area (TPSA) is 105 Å². The van der Waals surface area contributed by atoms with Gasteiger partial charge in [0.15, 0.2) is 6.61 Å². The Morgan fingerprint density at radius 1 is 1.50 bits per heavy atom. The molecule has 20 heavy (non-hydrogen) atoms. The number of hydrogen-bond donors (Lipinski definition) is 3. The Morgan fingerprint density at radius 2 is 2.20 bits per heavy atom. The van der Waals surface area contributed by atoms with Crippen LogP contribution < -0.4 is 15.4 Å². The number of carboxylic acids is 1. The minimum Gasteiger partial charge on any atom is -0.482 e. The van der Waals surface area contributed by atoms with Crippen LogP contribution in [0, 0.1) is 5.92 Å². The van der Waals surface area contributed by atoms with Crippen LogP contribution in [-0.2, 0) is 14.4 Å². The lowest BCUT2D eigenvalue weighted by Gasteiger charge is -2.20. The molecule has 0 spiro atoms. The van der Waals surface area contributed by atoms with Gasteiger partial charge in [-0.3, -0.25) is 14.4 Å². The molecule has 7 nitrogen and oxygen atoms in total. The maximum Gasteiger partial charge on any atom is 0.315 e. The zero-order chi connectivity index (χ0) is 14.9. The number of hydrogen-bond acceptors (Lipinski definition) is 4. The molecule has 0 bridgehead atoms. The van der Waals surface area contributed by atoms with Crippen LogP contribution in [0.25, 0.3) is 0 Å². The van der Waals surface area contributed by atoms with E-state index in [1.807, 2.05) is 0 Å². The van der Waals surface area contributed by atoms with Crippen LogP contribution in [0.1, 0.15) is 6.92 Å². The van der Waals surface area contributed by atoms with Gasteiger partial charge in [0.2, 0.25) is 5.91 Å². The van der Waals surface area contributed by atoms with Gasteiger partial charge >= 0.3 is 5.97 Å². The third kappa shape index (κ3) is 2.83. The van der Waals surface area contributed by atoms with Crippen LogP contribution in [0.2, 0.25) is 5.02 Å². The van der Waals surface area contributed by atoms with Gasteiger partial charge in [0.05, 0.1) is 16.4 Å². The molecule has 3 N–H and O–H groups in total. The van der Waals surface area contributed by atoms with Crippen molar-refractivity contribution in [3.8, 4) is 5.75 Å². The molecule has 0 aromatic heterocycles. The van der Waals surface area contributed by atoms with Gasteiger partial charge in [-0.25, -0.2) is 0 Å². The first-order valence-electron chi connectivity index (χ1n) is 5.68. The Balaban J connectivity index is 2.23. The Morgan fingerprint density at radius 3 is 2.85 bits per heavy atom. The Kier molecular flexibility index (Phi) is 3.80. The highest BCUT2D eigenvalue weighted by atomic mass is 35.5. The predicted octanol–water partition coefficient (Wildman–Crippen LogP) is 1.33. The van der Waals surface area contributed by atoms with E-state index in [9.17, 15) is 14.4 Å². The number of benzene rings is 1. The lowest BCUT2D eigenvalue weighted by atomic mass is 10.1. The van der Waals surface area contributed by atoms with E-state index in [1.165, 1.54) is 19.1 Å². The molecule has 8 heteroatoms. The Labute approximate surface area is 118 Å². The van der Waals surface area contributed by atoms with Gasteiger partial charge in [0.25, 0.3) is 5.91 Å². The molecular weight excluding hydrogens is 288 g/mol. The van der Waals surface area contributed by atoms with E-state index in [2.05, 4.69) is 10.6 Å². The van der Waals surface area contributed by atoms with Crippen LogP contribution >= 0.6 is 11.6 Å². The van der Waals surface area contributed by atoms with Crippen molar-refractivity contribution >= 4 is 40.8 Å². The van der Waals surface area contributed by atoms with Crippen molar-refractivity contribution in [3.05, 3.63) is 17.2 Å². The predicted molar refractivity (Wildman–Crippen MR) is 71.0 cm³/mol. The van der Waals surface area contributed by atoms with Gasteiger partial charge in [-0.1, -0.05) is 11.6 Å². The summed E-state index contributed by atoms with van der Waals surface area (Å²) in [7, 11) is 0. The molecule has 1 aromatic rings. The molecule has 1 heterocycles. The van der Waals surface area contributed by atoms with Crippen molar-refractivity contribution in [3.63, 3.8) is 0 Å². The zero-order valence-electron chi connectivity index (χ0n) is 10.4. The number of fused-ring (bicyclic) bond motifs is 1. The quantitative estimate of drug-likeness (QED) is 0.730. The van der Waals surface area contributed by atoms with Gasteiger partial charge in [0, 0.05) is 6.07 Å². The van der Waals surface area contributed by atoms with E-state index in [-0.39, 0.29) is 23.2 Å². The zero-order valence-corrected chi connectivity index (χ0v) is 11.2. The first-order chi connectivity index (χ1) is 9.38. The lowest BCUT2D eigenvalue weighted by molar-refractivity contribution is -0.144. The van der Waals surface area contributed by atoms with Crippen LogP contribution in [0.3, 0.4) is 0 Å². The van der Waals surface area contributed by atoms with E-state index >= 15 is 0 Å². The summed E-state index contributed by atoms with van der Waals surface area (Å²) in [5, 5.41) is 13.9. The summed E-state index contributed by atoms with van der Waals surface area (Å²) in [6.45, 7) is 1.13. The van der Waals surface area contributed by atoms with Crippen LogP contribution in [0.5, 0.6) is 5.75 Å². The summed E-state index contributed by atoms with van der Waals surface area (Å²) in [4.78, 5) is 33.5. The smallest absolute Gasteiger partial charge is 0.315 e. The van der Waals surface area contributed by atoms with Crippen molar-refractivity contribution in [1.82, 2.24) is 0 Å². The second kappa shape index (κ2) is 5.38. The van der Waals surface area contributed by atoms with Gasteiger partial charge in [-0.2, -0.15) is 0 Å². The molecule has 1 unspecified atom stereocenters. The number of rotatable bonds is 3. The van der Waals surface area contributed by atoms with Crippen LogP contribution in [0.4, 0.5) is 11.4 Å². The van der Waals surface area contributed by atoms with Gasteiger partial charge in [0.1, 0.15) is 11.7 Å². The first-order valence-corrected chi connectivity index (χ1v) is 6.06. The molecular formula is C12H11ClN2O5. The fourth-order valence-corrected chi connectivity index (χ4v) is 1.76. The molecule has 2 amide bonds. The summed E-state index contributed by atoms with van der Waals surface area (Å²) < 4.78 is 5.18. The average molecular weight is 299 g/mol. The highest BCUT2D eigenvalue weighted by molar-refractivity contribution is 6.34. The molecule has 1 atom stereocenters. The monoisotopic (exact) mass is 298 g/mol. The molecule has 1 aliphatic heterocycles. The van der Waals surface area contributed by atoms with Crippen LogP contribution in [0.15, 0.2) is 12.1 Å². The summed E-state index contributed by atoms with van der Waals surface area (Å²) in [5.41, 5.74) is 0.621. The molecule has 2 rings (SSSR count). The second-order valence-electron chi connectivity index (χ2n) is 4.21. The minimum atomic E-state index is -1.24. The normalized spacial score (nSPS) is 14.6. The lowest BCUT2D eigenvalue weighted by Crippen LogP contribution is -2.28. The SMILES string of the molecule is CC(C(=O)O)C(=O)Nc1cc2c(cc1Cl)NC(=O)CO2. The molecule has 1 aliphatic rings. The Bertz CT molecular complexity index is 602. The largest absolute Gasteiger partial charge is 0.482 e. The van der Waals surface area contributed by atoms with Crippen molar-refractivity contribution in [2.75, 3.05) is 17.2 Å². The van der Waals surface area contributed by atoms with Crippen LogP contribution in [-0.4, -0.2) is 29.5 Å². The average Bonchev–Trinajstić information content (AvgIpc) is 2.38. The number of ether oxygens (including phenoxy) is 1. The molecule has 0 fully saturated rings. The Hall–Kier alpha value is -2.28. The summed E-state index contributed by atoms with van der Waals surface area (Å²) in [6, 6.07) is 2.86. The molecule has 0 radical (unpaired) electrons. The molecule has 0 aliphatic carbocycles. The minimum absolute atomic E-state index is 0.131. The van der Waals surface area contributed by atoms with E-state index in [0.717, 1.165) is 0 Å². The number of anilines is 2. The number of nitrogens with one attached hydrogen (secondary N) is 2. The van der Waals surface area contributed by atoms with Gasteiger partial charge in [-0.05, 0) is 13.0 Å². The summed E-state index contributed by atoms with van der Waals surface area (Å²) >= 11 is 5.97. The third-order valence-electron chi connectivity index (χ3n) is 2.72. The molecule has 0 saturated heterocycles. The number of carbonyl (C=O) groups is 3. The van der Waals surface area contributed by atoms with Crippen molar-refractivity contribution < 1.29 is 24.2 Å². The van der Waals surface area contributed by atoms with E-state index in [4.69, 9.17) is 21.4 Å². The van der Waals surface area contributed by atoms with Crippen molar-refractivity contribution in [2.45, 2.75) is 6.92 Å². The summed E-state index contributed by atoms with van der Waals surface area (Å²) in [6.07, 6.45) is 0. The number of halogens is 1. The second-order valence-corrected chi connectivity index (χ2v) is 4.62. The maximum atomic E-state index is 11.7.